The van der Waals surface area contributed by atoms with E-state index in [-0.39, 0.29) is 12.5 Å². The van der Waals surface area contributed by atoms with Crippen LogP contribution in [0.4, 0.5) is 0 Å². The molecule has 0 radical (unpaired) electrons. The van der Waals surface area contributed by atoms with Crippen LogP contribution in [0.5, 0.6) is 0 Å². The predicted octanol–water partition coefficient (Wildman–Crippen LogP) is 15.6. The Morgan fingerprint density at radius 3 is 1.02 bits per heavy atom. The maximum Gasteiger partial charge on any atom is 0.220 e. The van der Waals surface area contributed by atoms with Gasteiger partial charge in [-0.05, 0) is 38.5 Å². The van der Waals surface area contributed by atoms with E-state index in [1.54, 1.807) is 0 Å². The van der Waals surface area contributed by atoms with Crippen LogP contribution in [0.3, 0.4) is 0 Å². The number of carbonyl (C=O) groups excluding carboxylic acids is 1. The Hall–Kier alpha value is -0.910. The minimum Gasteiger partial charge on any atom is -0.394 e. The largest absolute Gasteiger partial charge is 0.394 e. The lowest BCUT2D eigenvalue weighted by Crippen LogP contribution is -2.50. The molecule has 0 bridgehead atoms. The van der Waals surface area contributed by atoms with Gasteiger partial charge in [0.1, 0.15) is 6.10 Å². The minimum absolute atomic E-state index is 0.141. The fraction of sp³-hybridized carbons (Fsp3) is 0.942. The maximum absolute atomic E-state index is 12.4. The summed E-state index contributed by atoms with van der Waals surface area (Å²) in [6.07, 6.45) is 58.0. The van der Waals surface area contributed by atoms with Gasteiger partial charge in [0, 0.05) is 6.42 Å². The van der Waals surface area contributed by atoms with E-state index in [9.17, 15) is 20.1 Å². The Balaban J connectivity index is 3.43. The molecule has 3 unspecified atom stereocenters. The molecule has 0 aliphatic heterocycles. The molecule has 57 heavy (non-hydrogen) atoms. The average molecular weight is 806 g/mol. The molecule has 340 valence electrons. The van der Waals surface area contributed by atoms with Gasteiger partial charge in [-0.3, -0.25) is 4.79 Å². The molecule has 0 heterocycles. The number of hydrogen-bond acceptors (Lipinski definition) is 4. The van der Waals surface area contributed by atoms with Crippen molar-refractivity contribution in [3.8, 4) is 0 Å². The molecule has 3 atom stereocenters. The number of amides is 1. The number of carbonyl (C=O) groups is 1. The molecule has 1 amide bonds. The summed E-state index contributed by atoms with van der Waals surface area (Å²) in [5, 5.41) is 33.5. The number of unbranched alkanes of at least 4 members (excludes halogenated alkanes) is 38. The van der Waals surface area contributed by atoms with Gasteiger partial charge in [0.05, 0.1) is 18.8 Å². The van der Waals surface area contributed by atoms with Crippen molar-refractivity contribution >= 4 is 5.91 Å². The first-order valence-electron chi connectivity index (χ1n) is 26.0. The summed E-state index contributed by atoms with van der Waals surface area (Å²) in [6, 6.07) is -0.804. The fourth-order valence-electron chi connectivity index (χ4n) is 8.34. The highest BCUT2D eigenvalue weighted by Gasteiger charge is 2.26. The Labute approximate surface area is 357 Å². The second kappa shape index (κ2) is 47.8. The van der Waals surface area contributed by atoms with Gasteiger partial charge in [-0.25, -0.2) is 0 Å². The highest BCUT2D eigenvalue weighted by molar-refractivity contribution is 5.76. The number of hydrogen-bond donors (Lipinski definition) is 4. The quantitative estimate of drug-likeness (QED) is 0.0364. The molecule has 5 heteroatoms. The van der Waals surface area contributed by atoms with Gasteiger partial charge in [-0.2, -0.15) is 0 Å². The normalized spacial score (nSPS) is 13.4. The predicted molar refractivity (Wildman–Crippen MR) is 250 cm³/mol. The molecule has 0 aliphatic rings. The topological polar surface area (TPSA) is 89.8 Å². The van der Waals surface area contributed by atoms with E-state index in [1.165, 1.54) is 225 Å². The molecule has 0 spiro atoms. The molecule has 0 fully saturated rings. The standard InChI is InChI=1S/C52H103NO4/c1-3-5-7-9-11-13-15-16-17-18-19-20-21-22-23-24-25-26-27-28-29-30-31-32-33-34-35-36-37-39-41-43-45-47-51(56)53-49(48-54)52(57)50(55)46-44-42-40-38-14-12-10-8-6-4-2/h22-23,49-50,52,54-55,57H,3-21,24-48H2,1-2H3,(H,53,56)/b23-22-. The van der Waals surface area contributed by atoms with Crippen molar-refractivity contribution in [1.82, 2.24) is 5.32 Å². The van der Waals surface area contributed by atoms with Gasteiger partial charge < -0.3 is 20.6 Å². The van der Waals surface area contributed by atoms with E-state index in [2.05, 4.69) is 31.3 Å². The van der Waals surface area contributed by atoms with E-state index in [1.807, 2.05) is 0 Å². The Morgan fingerprint density at radius 1 is 0.421 bits per heavy atom. The summed E-state index contributed by atoms with van der Waals surface area (Å²) in [6.45, 7) is 4.18. The maximum atomic E-state index is 12.4. The Morgan fingerprint density at radius 2 is 0.702 bits per heavy atom. The zero-order valence-corrected chi connectivity index (χ0v) is 38.7. The molecule has 0 saturated heterocycles. The zero-order chi connectivity index (χ0) is 41.5. The second-order valence-corrected chi connectivity index (χ2v) is 18.1. The van der Waals surface area contributed by atoms with Gasteiger partial charge in [-0.15, -0.1) is 0 Å². The van der Waals surface area contributed by atoms with E-state index in [4.69, 9.17) is 0 Å². The van der Waals surface area contributed by atoms with E-state index in [0.29, 0.717) is 12.8 Å². The van der Waals surface area contributed by atoms with Gasteiger partial charge >= 0.3 is 0 Å². The van der Waals surface area contributed by atoms with Crippen molar-refractivity contribution in [3.05, 3.63) is 12.2 Å². The van der Waals surface area contributed by atoms with E-state index >= 15 is 0 Å². The lowest BCUT2D eigenvalue weighted by molar-refractivity contribution is -0.124. The fourth-order valence-corrected chi connectivity index (χ4v) is 8.34. The number of aliphatic hydroxyl groups is 3. The van der Waals surface area contributed by atoms with Crippen LogP contribution >= 0.6 is 0 Å². The molecule has 0 rings (SSSR count). The number of aliphatic hydroxyl groups excluding tert-OH is 3. The number of nitrogens with one attached hydrogen (secondary N) is 1. The van der Waals surface area contributed by atoms with Gasteiger partial charge in [0.15, 0.2) is 0 Å². The zero-order valence-electron chi connectivity index (χ0n) is 38.7. The number of rotatable bonds is 48. The number of allylic oxidation sites excluding steroid dienone is 2. The molecule has 0 saturated carbocycles. The monoisotopic (exact) mass is 806 g/mol. The third-order valence-electron chi connectivity index (χ3n) is 12.4. The van der Waals surface area contributed by atoms with Crippen LogP contribution < -0.4 is 5.32 Å². The van der Waals surface area contributed by atoms with E-state index < -0.39 is 18.2 Å². The average Bonchev–Trinajstić information content (AvgIpc) is 3.22. The summed E-state index contributed by atoms with van der Waals surface area (Å²) in [4.78, 5) is 12.4. The van der Waals surface area contributed by atoms with Crippen molar-refractivity contribution in [2.75, 3.05) is 6.61 Å². The Bertz CT molecular complexity index is 803. The molecule has 4 N–H and O–H groups in total. The molecular weight excluding hydrogens is 703 g/mol. The second-order valence-electron chi connectivity index (χ2n) is 18.1. The van der Waals surface area contributed by atoms with Crippen LogP contribution in [0.1, 0.15) is 290 Å². The van der Waals surface area contributed by atoms with Crippen molar-refractivity contribution in [2.45, 2.75) is 308 Å². The minimum atomic E-state index is -1.13. The lowest BCUT2D eigenvalue weighted by Gasteiger charge is -2.26. The van der Waals surface area contributed by atoms with Crippen LogP contribution in [0.2, 0.25) is 0 Å². The summed E-state index contributed by atoms with van der Waals surface area (Å²) >= 11 is 0. The molecule has 5 nitrogen and oxygen atoms in total. The van der Waals surface area contributed by atoms with Gasteiger partial charge in [0.25, 0.3) is 0 Å². The molecule has 0 aromatic carbocycles. The first-order valence-corrected chi connectivity index (χ1v) is 26.0. The summed E-state index contributed by atoms with van der Waals surface area (Å²) in [5.41, 5.74) is 0. The van der Waals surface area contributed by atoms with Gasteiger partial charge in [0.2, 0.25) is 5.91 Å². The van der Waals surface area contributed by atoms with Gasteiger partial charge in [-0.1, -0.05) is 257 Å². The van der Waals surface area contributed by atoms with Crippen LogP contribution in [-0.2, 0) is 4.79 Å². The summed E-state index contributed by atoms with van der Waals surface area (Å²) in [7, 11) is 0. The lowest BCUT2D eigenvalue weighted by atomic mass is 9.99. The molecular formula is C52H103NO4. The van der Waals surface area contributed by atoms with Crippen molar-refractivity contribution in [3.63, 3.8) is 0 Å². The van der Waals surface area contributed by atoms with Crippen LogP contribution in [0.25, 0.3) is 0 Å². The third kappa shape index (κ3) is 43.0. The highest BCUT2D eigenvalue weighted by Crippen LogP contribution is 2.17. The van der Waals surface area contributed by atoms with E-state index in [0.717, 1.165) is 38.5 Å². The summed E-state index contributed by atoms with van der Waals surface area (Å²) in [5.74, 6) is -0.141. The van der Waals surface area contributed by atoms with Crippen LogP contribution in [-0.4, -0.2) is 46.1 Å². The summed E-state index contributed by atoms with van der Waals surface area (Å²) < 4.78 is 0. The van der Waals surface area contributed by atoms with Crippen LogP contribution in [0.15, 0.2) is 12.2 Å². The Kier molecular flexibility index (Phi) is 47.0. The third-order valence-corrected chi connectivity index (χ3v) is 12.4. The van der Waals surface area contributed by atoms with Crippen molar-refractivity contribution < 1.29 is 20.1 Å². The first-order chi connectivity index (χ1) is 28.1. The SMILES string of the molecule is CCCCCCCCCCCCCC/C=C\CCCCCCCCCCCCCCCCCCCC(=O)NC(CO)C(O)C(O)CCCCCCCCCCCC. The first kappa shape index (κ1) is 56.1. The smallest absolute Gasteiger partial charge is 0.220 e. The molecule has 0 aromatic heterocycles. The molecule has 0 aliphatic carbocycles. The van der Waals surface area contributed by atoms with Crippen molar-refractivity contribution in [1.29, 1.82) is 0 Å². The van der Waals surface area contributed by atoms with Crippen molar-refractivity contribution in [2.24, 2.45) is 0 Å². The highest BCUT2D eigenvalue weighted by atomic mass is 16.3. The molecule has 0 aromatic rings. The van der Waals surface area contributed by atoms with Crippen LogP contribution in [0, 0.1) is 0 Å².